The summed E-state index contributed by atoms with van der Waals surface area (Å²) in [7, 11) is 2.02. The third-order valence-electron chi connectivity index (χ3n) is 7.10. The smallest absolute Gasteiger partial charge is 0.214 e. The van der Waals surface area contributed by atoms with Gasteiger partial charge in [-0.05, 0) is 43.6 Å². The van der Waals surface area contributed by atoms with Crippen LogP contribution in [0, 0.1) is 11.3 Å². The van der Waals surface area contributed by atoms with Gasteiger partial charge in [-0.25, -0.2) is 10.4 Å². The van der Waals surface area contributed by atoms with Crippen LogP contribution in [0.25, 0.3) is 0 Å². The van der Waals surface area contributed by atoms with Crippen molar-refractivity contribution in [3.05, 3.63) is 35.9 Å². The van der Waals surface area contributed by atoms with Crippen LogP contribution in [0.15, 0.2) is 40.4 Å². The molecule has 0 saturated heterocycles. The minimum atomic E-state index is -0.593. The molecule has 1 aliphatic heterocycles. The predicted molar refractivity (Wildman–Crippen MR) is 121 cm³/mol. The van der Waals surface area contributed by atoms with Crippen LogP contribution in [0.1, 0.15) is 50.5 Å². The van der Waals surface area contributed by atoms with Gasteiger partial charge < -0.3 is 10.0 Å². The summed E-state index contributed by atoms with van der Waals surface area (Å²) in [6.45, 7) is 4.03. The third-order valence-corrected chi connectivity index (χ3v) is 7.10. The van der Waals surface area contributed by atoms with E-state index in [0.29, 0.717) is 11.8 Å². The van der Waals surface area contributed by atoms with Gasteiger partial charge in [0.25, 0.3) is 0 Å². The highest BCUT2D eigenvalue weighted by Crippen LogP contribution is 2.60. The van der Waals surface area contributed by atoms with Crippen LogP contribution in [-0.4, -0.2) is 47.9 Å². The third kappa shape index (κ3) is 3.75. The highest BCUT2D eigenvalue weighted by molar-refractivity contribution is 14.0. The predicted octanol–water partition coefficient (Wildman–Crippen LogP) is 3.60. The van der Waals surface area contributed by atoms with Gasteiger partial charge in [-0.1, -0.05) is 37.3 Å². The number of halogens is 1. The molecule has 27 heavy (non-hydrogen) atoms. The number of rotatable bonds is 3. The Morgan fingerprint density at radius 2 is 2.04 bits per heavy atom. The lowest BCUT2D eigenvalue weighted by Crippen LogP contribution is -2.49. The largest absolute Gasteiger partial charge is 0.389 e. The molecule has 148 valence electrons. The molecule has 6 heteroatoms. The van der Waals surface area contributed by atoms with Crippen molar-refractivity contribution in [2.45, 2.75) is 50.5 Å². The Hall–Kier alpha value is -1.15. The SMILES string of the molecule is CN1CCN=C1N/N=C/[C@H]1CC[C@]2(O)C[C@@H](c3ccccc3)CC[C@]12C.I. The topological polar surface area (TPSA) is 60.2 Å². The van der Waals surface area contributed by atoms with E-state index in [1.807, 2.05) is 13.3 Å². The normalized spacial score (nSPS) is 35.7. The maximum atomic E-state index is 11.5. The van der Waals surface area contributed by atoms with E-state index in [-0.39, 0.29) is 29.4 Å². The van der Waals surface area contributed by atoms with E-state index in [4.69, 9.17) is 0 Å². The molecule has 1 aromatic carbocycles. The Labute approximate surface area is 179 Å². The van der Waals surface area contributed by atoms with Gasteiger partial charge in [0.15, 0.2) is 0 Å². The van der Waals surface area contributed by atoms with E-state index in [1.54, 1.807) is 0 Å². The Balaban J connectivity index is 0.00000210. The lowest BCUT2D eigenvalue weighted by molar-refractivity contribution is -0.0957. The molecule has 0 unspecified atom stereocenters. The van der Waals surface area contributed by atoms with Gasteiger partial charge in [0.1, 0.15) is 0 Å². The van der Waals surface area contributed by atoms with Crippen LogP contribution in [0.5, 0.6) is 0 Å². The quantitative estimate of drug-likeness (QED) is 0.393. The highest BCUT2D eigenvalue weighted by atomic mass is 127. The molecule has 0 amide bonds. The van der Waals surface area contributed by atoms with Crippen molar-refractivity contribution in [1.29, 1.82) is 0 Å². The molecule has 0 aromatic heterocycles. The molecule has 2 fully saturated rings. The number of hydrazone groups is 1. The molecule has 3 aliphatic rings. The van der Waals surface area contributed by atoms with Crippen LogP contribution in [0.3, 0.4) is 0 Å². The minimum absolute atomic E-state index is 0. The number of fused-ring (bicyclic) bond motifs is 1. The van der Waals surface area contributed by atoms with E-state index in [1.165, 1.54) is 5.56 Å². The number of likely N-dealkylation sites (N-methyl/N-ethyl adjacent to an activating group) is 1. The van der Waals surface area contributed by atoms with Crippen molar-refractivity contribution in [1.82, 2.24) is 10.3 Å². The Morgan fingerprint density at radius 3 is 2.74 bits per heavy atom. The molecule has 4 rings (SSSR count). The first kappa shape index (κ1) is 20.6. The van der Waals surface area contributed by atoms with Gasteiger partial charge in [-0.2, -0.15) is 5.10 Å². The Bertz CT molecular complexity index is 709. The summed E-state index contributed by atoms with van der Waals surface area (Å²) < 4.78 is 0. The average molecular weight is 482 g/mol. The van der Waals surface area contributed by atoms with Gasteiger partial charge >= 0.3 is 0 Å². The number of guanidine groups is 1. The van der Waals surface area contributed by atoms with E-state index >= 15 is 0 Å². The first-order valence-corrected chi connectivity index (χ1v) is 9.84. The van der Waals surface area contributed by atoms with Crippen molar-refractivity contribution in [3.8, 4) is 0 Å². The van der Waals surface area contributed by atoms with Crippen LogP contribution in [0.4, 0.5) is 0 Å². The number of aliphatic hydroxyl groups is 1. The zero-order valence-corrected chi connectivity index (χ0v) is 18.6. The molecule has 4 atom stereocenters. The van der Waals surface area contributed by atoms with Crippen molar-refractivity contribution in [3.63, 3.8) is 0 Å². The molecule has 2 saturated carbocycles. The summed E-state index contributed by atoms with van der Waals surface area (Å²) in [4.78, 5) is 6.48. The number of nitrogens with zero attached hydrogens (tertiary/aromatic N) is 3. The van der Waals surface area contributed by atoms with Crippen molar-refractivity contribution in [2.24, 2.45) is 21.4 Å². The monoisotopic (exact) mass is 482 g/mol. The van der Waals surface area contributed by atoms with Gasteiger partial charge in [0, 0.05) is 31.1 Å². The minimum Gasteiger partial charge on any atom is -0.389 e. The second-order valence-corrected chi connectivity index (χ2v) is 8.46. The number of hydrogen-bond donors (Lipinski definition) is 2. The van der Waals surface area contributed by atoms with Gasteiger partial charge in [-0.3, -0.25) is 0 Å². The van der Waals surface area contributed by atoms with Crippen LogP contribution < -0.4 is 5.43 Å². The zero-order chi connectivity index (χ0) is 18.2. The molecular weight excluding hydrogens is 451 g/mol. The molecule has 5 nitrogen and oxygen atoms in total. The number of hydrogen-bond acceptors (Lipinski definition) is 5. The fourth-order valence-corrected chi connectivity index (χ4v) is 5.17. The molecule has 0 radical (unpaired) electrons. The number of benzene rings is 1. The summed E-state index contributed by atoms with van der Waals surface area (Å²) in [5.74, 6) is 1.61. The molecule has 1 aromatic rings. The van der Waals surface area contributed by atoms with Crippen molar-refractivity contribution < 1.29 is 5.11 Å². The van der Waals surface area contributed by atoms with E-state index < -0.39 is 5.60 Å². The van der Waals surface area contributed by atoms with Gasteiger partial charge in [-0.15, -0.1) is 24.0 Å². The standard InChI is InChI=1S/C21H30N4O.HI/c1-20-10-8-17(16-6-4-3-5-7-16)14-21(20,26)11-9-18(20)15-23-24-19-22-12-13-25(19)2;/h3-7,15,17-18,26H,8-14H2,1-2H3,(H,22,24);1H/b23-15+;/t17-,18+,20+,21-;/m0./s1. The van der Waals surface area contributed by atoms with E-state index in [9.17, 15) is 5.11 Å². The molecule has 2 N–H and O–H groups in total. The summed E-state index contributed by atoms with van der Waals surface area (Å²) >= 11 is 0. The first-order valence-electron chi connectivity index (χ1n) is 9.84. The second kappa shape index (κ2) is 8.07. The fraction of sp³-hybridized carbons (Fsp3) is 0.619. The molecule has 1 heterocycles. The fourth-order valence-electron chi connectivity index (χ4n) is 5.17. The maximum absolute atomic E-state index is 11.5. The number of nitrogens with one attached hydrogen (secondary N) is 1. The summed E-state index contributed by atoms with van der Waals surface area (Å²) in [6.07, 6.45) is 6.93. The zero-order valence-electron chi connectivity index (χ0n) is 16.3. The molecular formula is C21H31IN4O. The lowest BCUT2D eigenvalue weighted by atomic mass is 9.59. The summed E-state index contributed by atoms with van der Waals surface area (Å²) in [5.41, 5.74) is 3.76. The van der Waals surface area contributed by atoms with Crippen molar-refractivity contribution in [2.75, 3.05) is 20.1 Å². The van der Waals surface area contributed by atoms with Gasteiger partial charge in [0.05, 0.1) is 12.1 Å². The average Bonchev–Trinajstić information content (AvgIpc) is 3.17. The van der Waals surface area contributed by atoms with Crippen LogP contribution in [-0.2, 0) is 0 Å². The second-order valence-electron chi connectivity index (χ2n) is 8.46. The van der Waals surface area contributed by atoms with Crippen LogP contribution in [0.2, 0.25) is 0 Å². The van der Waals surface area contributed by atoms with E-state index in [2.05, 4.69) is 57.7 Å². The molecule has 0 bridgehead atoms. The summed E-state index contributed by atoms with van der Waals surface area (Å²) in [5, 5.41) is 16.0. The van der Waals surface area contributed by atoms with Crippen molar-refractivity contribution >= 4 is 36.2 Å². The maximum Gasteiger partial charge on any atom is 0.214 e. The Morgan fingerprint density at radius 1 is 1.26 bits per heavy atom. The van der Waals surface area contributed by atoms with Crippen LogP contribution >= 0.6 is 24.0 Å². The van der Waals surface area contributed by atoms with Gasteiger partial charge in [0.2, 0.25) is 5.96 Å². The first-order chi connectivity index (χ1) is 12.5. The summed E-state index contributed by atoms with van der Waals surface area (Å²) in [6, 6.07) is 10.7. The number of aliphatic imine (C=N–C) groups is 1. The Kier molecular flexibility index (Phi) is 6.15. The molecule has 0 spiro atoms. The lowest BCUT2D eigenvalue weighted by Gasteiger charge is -2.49. The highest BCUT2D eigenvalue weighted by Gasteiger charge is 2.58. The van der Waals surface area contributed by atoms with E-state index in [0.717, 1.165) is 51.2 Å². The molecule has 2 aliphatic carbocycles.